The first-order valence-electron chi connectivity index (χ1n) is 6.88. The molecule has 2 rings (SSSR count). The van der Waals surface area contributed by atoms with E-state index < -0.39 is 0 Å². The first kappa shape index (κ1) is 15.0. The number of hydrogen-bond acceptors (Lipinski definition) is 3. The second-order valence-corrected chi connectivity index (χ2v) is 4.80. The maximum atomic E-state index is 12.1. The van der Waals surface area contributed by atoms with Gasteiger partial charge in [0.05, 0.1) is 0 Å². The van der Waals surface area contributed by atoms with Gasteiger partial charge in [0.25, 0.3) is 11.5 Å². The van der Waals surface area contributed by atoms with Crippen molar-refractivity contribution in [3.05, 3.63) is 64.1 Å². The summed E-state index contributed by atoms with van der Waals surface area (Å²) in [5.41, 5.74) is 2.02. The lowest BCUT2D eigenvalue weighted by Gasteiger charge is -2.07. The van der Waals surface area contributed by atoms with E-state index >= 15 is 0 Å². The van der Waals surface area contributed by atoms with E-state index in [2.05, 4.69) is 17.6 Å². The van der Waals surface area contributed by atoms with Crippen LogP contribution in [0.3, 0.4) is 0 Å². The highest BCUT2D eigenvalue weighted by Gasteiger charge is 2.07. The lowest BCUT2D eigenvalue weighted by atomic mass is 10.2. The first-order valence-corrected chi connectivity index (χ1v) is 6.88. The molecular weight excluding hydrogens is 266 g/mol. The minimum absolute atomic E-state index is 0.205. The number of pyridine rings is 1. The summed E-state index contributed by atoms with van der Waals surface area (Å²) in [4.78, 5) is 23.6. The van der Waals surface area contributed by atoms with Crippen LogP contribution in [0, 0.1) is 0 Å². The summed E-state index contributed by atoms with van der Waals surface area (Å²) in [6, 6.07) is 10.6. The van der Waals surface area contributed by atoms with Crippen molar-refractivity contribution in [3.63, 3.8) is 0 Å². The average molecular weight is 285 g/mol. The summed E-state index contributed by atoms with van der Waals surface area (Å²) < 4.78 is 1.42. The summed E-state index contributed by atoms with van der Waals surface area (Å²) >= 11 is 0. The van der Waals surface area contributed by atoms with Gasteiger partial charge in [0.2, 0.25) is 0 Å². The Balaban J connectivity index is 2.05. The molecule has 0 fully saturated rings. The number of aromatic nitrogens is 1. The maximum Gasteiger partial charge on any atom is 0.255 e. The maximum absolute atomic E-state index is 12.1. The smallest absolute Gasteiger partial charge is 0.255 e. The number of aryl methyl sites for hydroxylation is 1. The van der Waals surface area contributed by atoms with Gasteiger partial charge in [-0.25, -0.2) is 0 Å². The number of rotatable bonds is 5. The minimum atomic E-state index is -0.285. The van der Waals surface area contributed by atoms with Crippen molar-refractivity contribution in [2.45, 2.75) is 13.5 Å². The molecule has 2 aromatic rings. The highest BCUT2D eigenvalue weighted by atomic mass is 16.2. The SMILES string of the molecule is CCNCc1ccc(NC(=O)c2ccn(C)c(=O)c2)cc1. The second-order valence-electron chi connectivity index (χ2n) is 4.80. The molecule has 0 saturated carbocycles. The second kappa shape index (κ2) is 6.85. The molecule has 1 amide bonds. The third-order valence-electron chi connectivity index (χ3n) is 3.16. The zero-order valence-electron chi connectivity index (χ0n) is 12.2. The highest BCUT2D eigenvalue weighted by Crippen LogP contribution is 2.11. The molecule has 0 bridgehead atoms. The topological polar surface area (TPSA) is 63.1 Å². The van der Waals surface area contributed by atoms with E-state index in [0.29, 0.717) is 11.3 Å². The van der Waals surface area contributed by atoms with Gasteiger partial charge in [0.15, 0.2) is 0 Å². The summed E-state index contributed by atoms with van der Waals surface area (Å²) in [6.07, 6.45) is 1.58. The Morgan fingerprint density at radius 1 is 1.19 bits per heavy atom. The molecule has 21 heavy (non-hydrogen) atoms. The molecule has 0 unspecified atom stereocenters. The van der Waals surface area contributed by atoms with Gasteiger partial charge in [-0.1, -0.05) is 19.1 Å². The number of nitrogens with zero attached hydrogens (tertiary/aromatic N) is 1. The van der Waals surface area contributed by atoms with Crippen LogP contribution in [0.5, 0.6) is 0 Å². The predicted molar refractivity (Wildman–Crippen MR) is 83.5 cm³/mol. The van der Waals surface area contributed by atoms with Crippen LogP contribution in [0.4, 0.5) is 5.69 Å². The van der Waals surface area contributed by atoms with Gasteiger partial charge in [0, 0.05) is 37.1 Å². The third kappa shape index (κ3) is 4.03. The number of benzene rings is 1. The van der Waals surface area contributed by atoms with Crippen molar-refractivity contribution >= 4 is 11.6 Å². The third-order valence-corrected chi connectivity index (χ3v) is 3.16. The summed E-state index contributed by atoms with van der Waals surface area (Å²) in [5.74, 6) is -0.285. The minimum Gasteiger partial charge on any atom is -0.322 e. The van der Waals surface area contributed by atoms with Gasteiger partial charge in [0.1, 0.15) is 0 Å². The molecule has 0 aliphatic heterocycles. The van der Waals surface area contributed by atoms with Crippen molar-refractivity contribution in [2.75, 3.05) is 11.9 Å². The van der Waals surface area contributed by atoms with Crippen LogP contribution >= 0.6 is 0 Å². The fraction of sp³-hybridized carbons (Fsp3) is 0.250. The molecule has 0 radical (unpaired) electrons. The number of anilines is 1. The molecule has 1 aromatic heterocycles. The van der Waals surface area contributed by atoms with E-state index in [-0.39, 0.29) is 11.5 Å². The normalized spacial score (nSPS) is 10.4. The lowest BCUT2D eigenvalue weighted by molar-refractivity contribution is 0.102. The Kier molecular flexibility index (Phi) is 4.90. The molecule has 2 N–H and O–H groups in total. The first-order chi connectivity index (χ1) is 10.1. The molecule has 0 saturated heterocycles. The van der Waals surface area contributed by atoms with Crippen LogP contribution < -0.4 is 16.2 Å². The molecule has 110 valence electrons. The van der Waals surface area contributed by atoms with E-state index in [1.54, 1.807) is 19.3 Å². The number of amides is 1. The van der Waals surface area contributed by atoms with E-state index in [1.807, 2.05) is 24.3 Å². The Bertz CT molecular complexity index is 675. The van der Waals surface area contributed by atoms with Crippen LogP contribution in [0.15, 0.2) is 47.4 Å². The van der Waals surface area contributed by atoms with Crippen molar-refractivity contribution in [1.82, 2.24) is 9.88 Å². The Hall–Kier alpha value is -2.40. The number of carbonyl (C=O) groups excluding carboxylic acids is 1. The molecule has 1 heterocycles. The Labute approximate surface area is 123 Å². The Morgan fingerprint density at radius 3 is 2.52 bits per heavy atom. The molecule has 5 heteroatoms. The monoisotopic (exact) mass is 285 g/mol. The molecule has 0 aliphatic carbocycles. The van der Waals surface area contributed by atoms with E-state index in [9.17, 15) is 9.59 Å². The van der Waals surface area contributed by atoms with Gasteiger partial charge in [-0.15, -0.1) is 0 Å². The largest absolute Gasteiger partial charge is 0.322 e. The quantitative estimate of drug-likeness (QED) is 0.879. The van der Waals surface area contributed by atoms with Crippen LogP contribution in [-0.2, 0) is 13.6 Å². The zero-order valence-corrected chi connectivity index (χ0v) is 12.2. The summed E-state index contributed by atoms with van der Waals surface area (Å²) in [7, 11) is 1.65. The molecule has 0 spiro atoms. The zero-order chi connectivity index (χ0) is 15.2. The predicted octanol–water partition coefficient (Wildman–Crippen LogP) is 1.75. The van der Waals surface area contributed by atoms with Crippen LogP contribution in [-0.4, -0.2) is 17.0 Å². The van der Waals surface area contributed by atoms with Gasteiger partial charge >= 0.3 is 0 Å². The number of hydrogen-bond donors (Lipinski definition) is 2. The van der Waals surface area contributed by atoms with E-state index in [4.69, 9.17) is 0 Å². The summed E-state index contributed by atoms with van der Waals surface area (Å²) in [5, 5.41) is 6.02. The van der Waals surface area contributed by atoms with Gasteiger partial charge in [-0.05, 0) is 30.3 Å². The average Bonchev–Trinajstić information content (AvgIpc) is 2.49. The van der Waals surface area contributed by atoms with E-state index in [0.717, 1.165) is 18.7 Å². The van der Waals surface area contributed by atoms with Crippen molar-refractivity contribution in [2.24, 2.45) is 7.05 Å². The molecular formula is C16H19N3O2. The summed E-state index contributed by atoms with van der Waals surface area (Å²) in [6.45, 7) is 3.78. The van der Waals surface area contributed by atoms with Crippen molar-refractivity contribution in [3.8, 4) is 0 Å². The van der Waals surface area contributed by atoms with Gasteiger partial charge in [-0.3, -0.25) is 9.59 Å². The van der Waals surface area contributed by atoms with Gasteiger partial charge in [-0.2, -0.15) is 0 Å². The molecule has 5 nitrogen and oxygen atoms in total. The number of nitrogens with one attached hydrogen (secondary N) is 2. The molecule has 1 aromatic carbocycles. The fourth-order valence-corrected chi connectivity index (χ4v) is 1.87. The fourth-order valence-electron chi connectivity index (χ4n) is 1.87. The van der Waals surface area contributed by atoms with Crippen LogP contribution in [0.1, 0.15) is 22.8 Å². The van der Waals surface area contributed by atoms with Crippen LogP contribution in [0.25, 0.3) is 0 Å². The molecule has 0 aliphatic rings. The van der Waals surface area contributed by atoms with Crippen molar-refractivity contribution in [1.29, 1.82) is 0 Å². The molecule has 0 atom stereocenters. The lowest BCUT2D eigenvalue weighted by Crippen LogP contribution is -2.20. The standard InChI is InChI=1S/C16H19N3O2/c1-3-17-11-12-4-6-14(7-5-12)18-16(21)13-8-9-19(2)15(20)10-13/h4-10,17H,3,11H2,1-2H3,(H,18,21). The van der Waals surface area contributed by atoms with Crippen LogP contribution in [0.2, 0.25) is 0 Å². The van der Waals surface area contributed by atoms with Crippen molar-refractivity contribution < 1.29 is 4.79 Å². The van der Waals surface area contributed by atoms with Gasteiger partial charge < -0.3 is 15.2 Å². The number of carbonyl (C=O) groups is 1. The van der Waals surface area contributed by atoms with E-state index in [1.165, 1.54) is 10.6 Å². The highest BCUT2D eigenvalue weighted by molar-refractivity contribution is 6.04. The Morgan fingerprint density at radius 2 is 1.90 bits per heavy atom.